The zero-order valence-corrected chi connectivity index (χ0v) is 14.6. The normalized spacial score (nSPS) is 21.8. The van der Waals surface area contributed by atoms with Crippen molar-refractivity contribution in [3.8, 4) is 11.3 Å². The monoisotopic (exact) mass is 339 g/mol. The summed E-state index contributed by atoms with van der Waals surface area (Å²) >= 11 is 0. The Bertz CT molecular complexity index is 722. The van der Waals surface area contributed by atoms with Gasteiger partial charge in [0.25, 0.3) is 0 Å². The largest absolute Gasteiger partial charge is 0.464 e. The van der Waals surface area contributed by atoms with Crippen LogP contribution in [-0.4, -0.2) is 47.5 Å². The van der Waals surface area contributed by atoms with Gasteiger partial charge in [0.05, 0.1) is 6.26 Å². The third-order valence-corrected chi connectivity index (χ3v) is 5.39. The number of likely N-dealkylation sites (tertiary alicyclic amines) is 2. The molecule has 0 aliphatic carbocycles. The fourth-order valence-corrected chi connectivity index (χ4v) is 3.89. The lowest BCUT2D eigenvalue weighted by Crippen LogP contribution is -2.64. The van der Waals surface area contributed by atoms with Gasteiger partial charge < -0.3 is 14.6 Å². The molecule has 3 heterocycles. The smallest absolute Gasteiger partial charge is 0.321 e. The predicted octanol–water partition coefficient (Wildman–Crippen LogP) is 4.04. The molecule has 0 saturated carbocycles. The van der Waals surface area contributed by atoms with Gasteiger partial charge in [-0.1, -0.05) is 18.6 Å². The fraction of sp³-hybridized carbons (Fsp3) is 0.450. The van der Waals surface area contributed by atoms with E-state index < -0.39 is 0 Å². The summed E-state index contributed by atoms with van der Waals surface area (Å²) in [5.74, 6) is 0.805. The summed E-state index contributed by atoms with van der Waals surface area (Å²) in [5.41, 5.74) is 1.76. The molecule has 25 heavy (non-hydrogen) atoms. The first-order chi connectivity index (χ1) is 12.2. The van der Waals surface area contributed by atoms with E-state index in [0.717, 1.165) is 30.1 Å². The molecule has 0 unspecified atom stereocenters. The molecule has 1 aromatic heterocycles. The molecule has 2 fully saturated rings. The number of carbonyl (C=O) groups is 1. The van der Waals surface area contributed by atoms with Gasteiger partial charge in [-0.05, 0) is 50.6 Å². The third-order valence-electron chi connectivity index (χ3n) is 5.39. The van der Waals surface area contributed by atoms with Crippen molar-refractivity contribution >= 4 is 11.7 Å². The molecule has 1 atom stereocenters. The summed E-state index contributed by atoms with van der Waals surface area (Å²) in [6.07, 6.45) is 5.55. The Morgan fingerprint density at radius 1 is 1.20 bits per heavy atom. The summed E-state index contributed by atoms with van der Waals surface area (Å²) in [5, 5.41) is 3.01. The van der Waals surface area contributed by atoms with Gasteiger partial charge in [-0.25, -0.2) is 4.79 Å². The lowest BCUT2D eigenvalue weighted by Gasteiger charge is -2.49. The van der Waals surface area contributed by atoms with Crippen LogP contribution in [0.3, 0.4) is 0 Å². The number of anilines is 1. The number of nitrogens with one attached hydrogen (secondary N) is 1. The molecule has 2 aliphatic heterocycles. The standard InChI is InChI=1S/C20H25N3O2/c1-15-6-2-3-10-23(15)18-13-22(14-18)20(24)21-17-8-4-7-16(12-17)19-9-5-11-25-19/h4-5,7-9,11-12,15,18H,2-3,6,10,13-14H2,1H3,(H,21,24)/t15-/m0/s1. The van der Waals surface area contributed by atoms with E-state index in [2.05, 4.69) is 17.1 Å². The Balaban J connectivity index is 1.34. The number of benzene rings is 1. The average molecular weight is 339 g/mol. The number of nitrogens with zero attached hydrogens (tertiary/aromatic N) is 2. The predicted molar refractivity (Wildman–Crippen MR) is 98.5 cm³/mol. The van der Waals surface area contributed by atoms with Crippen LogP contribution in [0.25, 0.3) is 11.3 Å². The molecule has 2 amide bonds. The SMILES string of the molecule is C[C@H]1CCCCN1C1CN(C(=O)Nc2cccc(-c3ccco3)c2)C1. The van der Waals surface area contributed by atoms with Gasteiger partial charge in [-0.3, -0.25) is 4.90 Å². The molecule has 0 radical (unpaired) electrons. The highest BCUT2D eigenvalue weighted by atomic mass is 16.3. The molecule has 132 valence electrons. The molecule has 0 spiro atoms. The Hall–Kier alpha value is -2.27. The summed E-state index contributed by atoms with van der Waals surface area (Å²) in [4.78, 5) is 16.9. The molecule has 0 bridgehead atoms. The molecular formula is C20H25N3O2. The van der Waals surface area contributed by atoms with Crippen LogP contribution in [0.1, 0.15) is 26.2 Å². The van der Waals surface area contributed by atoms with E-state index in [9.17, 15) is 4.79 Å². The Morgan fingerprint density at radius 2 is 2.08 bits per heavy atom. The Morgan fingerprint density at radius 3 is 2.84 bits per heavy atom. The van der Waals surface area contributed by atoms with Crippen LogP contribution in [0.2, 0.25) is 0 Å². The van der Waals surface area contributed by atoms with Gasteiger partial charge in [0.1, 0.15) is 5.76 Å². The van der Waals surface area contributed by atoms with Crippen molar-refractivity contribution < 1.29 is 9.21 Å². The topological polar surface area (TPSA) is 48.7 Å². The van der Waals surface area contributed by atoms with E-state index >= 15 is 0 Å². The molecule has 5 heteroatoms. The van der Waals surface area contributed by atoms with E-state index in [4.69, 9.17) is 4.42 Å². The number of amides is 2. The van der Waals surface area contributed by atoms with Gasteiger partial charge in [-0.15, -0.1) is 0 Å². The first kappa shape index (κ1) is 16.2. The minimum absolute atomic E-state index is 0.0162. The van der Waals surface area contributed by atoms with Crippen molar-refractivity contribution in [1.29, 1.82) is 0 Å². The van der Waals surface area contributed by atoms with Crippen molar-refractivity contribution in [1.82, 2.24) is 9.80 Å². The van der Waals surface area contributed by atoms with E-state index in [1.165, 1.54) is 25.8 Å². The molecular weight excluding hydrogens is 314 g/mol. The molecule has 2 aromatic rings. The summed E-state index contributed by atoms with van der Waals surface area (Å²) < 4.78 is 5.42. The second kappa shape index (κ2) is 6.92. The van der Waals surface area contributed by atoms with E-state index in [1.54, 1.807) is 6.26 Å². The lowest BCUT2D eigenvalue weighted by atomic mass is 9.98. The molecule has 2 aliphatic rings. The van der Waals surface area contributed by atoms with E-state index in [1.807, 2.05) is 41.3 Å². The Kier molecular flexibility index (Phi) is 4.49. The second-order valence-corrected chi connectivity index (χ2v) is 7.13. The quantitative estimate of drug-likeness (QED) is 0.918. The number of furan rings is 1. The van der Waals surface area contributed by atoms with Gasteiger partial charge >= 0.3 is 6.03 Å². The zero-order valence-electron chi connectivity index (χ0n) is 14.6. The summed E-state index contributed by atoms with van der Waals surface area (Å²) in [6, 6.07) is 12.7. The van der Waals surface area contributed by atoms with Crippen LogP contribution in [0.4, 0.5) is 10.5 Å². The van der Waals surface area contributed by atoms with Crippen molar-refractivity contribution in [3.63, 3.8) is 0 Å². The van der Waals surface area contributed by atoms with Crippen molar-refractivity contribution in [3.05, 3.63) is 42.7 Å². The highest BCUT2D eigenvalue weighted by molar-refractivity contribution is 5.90. The third kappa shape index (κ3) is 3.42. The summed E-state index contributed by atoms with van der Waals surface area (Å²) in [7, 11) is 0. The average Bonchev–Trinajstić information content (AvgIpc) is 3.10. The van der Waals surface area contributed by atoms with Gasteiger partial charge in [-0.2, -0.15) is 0 Å². The lowest BCUT2D eigenvalue weighted by molar-refractivity contribution is 0.0199. The zero-order chi connectivity index (χ0) is 17.2. The van der Waals surface area contributed by atoms with Crippen LogP contribution < -0.4 is 5.32 Å². The minimum atomic E-state index is -0.0162. The number of carbonyl (C=O) groups excluding carboxylic acids is 1. The molecule has 5 nitrogen and oxygen atoms in total. The molecule has 1 N–H and O–H groups in total. The molecule has 2 saturated heterocycles. The highest BCUT2D eigenvalue weighted by Crippen LogP contribution is 2.26. The number of hydrogen-bond donors (Lipinski definition) is 1. The Labute approximate surface area is 148 Å². The maximum atomic E-state index is 12.5. The number of rotatable bonds is 3. The highest BCUT2D eigenvalue weighted by Gasteiger charge is 2.37. The van der Waals surface area contributed by atoms with Gasteiger partial charge in [0.15, 0.2) is 0 Å². The minimum Gasteiger partial charge on any atom is -0.464 e. The first-order valence-electron chi connectivity index (χ1n) is 9.16. The second-order valence-electron chi connectivity index (χ2n) is 7.13. The fourth-order valence-electron chi connectivity index (χ4n) is 3.89. The molecule has 4 rings (SSSR count). The van der Waals surface area contributed by atoms with Crippen molar-refractivity contribution in [2.24, 2.45) is 0 Å². The van der Waals surface area contributed by atoms with Gasteiger partial charge in [0.2, 0.25) is 0 Å². The number of urea groups is 1. The van der Waals surface area contributed by atoms with E-state index in [-0.39, 0.29) is 6.03 Å². The van der Waals surface area contributed by atoms with Crippen LogP contribution in [0, 0.1) is 0 Å². The van der Waals surface area contributed by atoms with Crippen LogP contribution >= 0.6 is 0 Å². The first-order valence-corrected chi connectivity index (χ1v) is 9.16. The van der Waals surface area contributed by atoms with Crippen LogP contribution in [-0.2, 0) is 0 Å². The van der Waals surface area contributed by atoms with Crippen LogP contribution in [0.15, 0.2) is 47.1 Å². The summed E-state index contributed by atoms with van der Waals surface area (Å²) in [6.45, 7) is 5.14. The van der Waals surface area contributed by atoms with Crippen LogP contribution in [0.5, 0.6) is 0 Å². The van der Waals surface area contributed by atoms with Gasteiger partial charge in [0, 0.05) is 36.4 Å². The number of piperidine rings is 1. The van der Waals surface area contributed by atoms with E-state index in [0.29, 0.717) is 12.1 Å². The molecule has 1 aromatic carbocycles. The van der Waals surface area contributed by atoms with Crippen molar-refractivity contribution in [2.75, 3.05) is 25.0 Å². The number of hydrogen-bond acceptors (Lipinski definition) is 3. The maximum Gasteiger partial charge on any atom is 0.321 e. The maximum absolute atomic E-state index is 12.5. The van der Waals surface area contributed by atoms with Crippen molar-refractivity contribution in [2.45, 2.75) is 38.3 Å².